The summed E-state index contributed by atoms with van der Waals surface area (Å²) in [5.74, 6) is 0. The maximum atomic E-state index is 5.30. The van der Waals surface area contributed by atoms with Crippen LogP contribution in [-0.2, 0) is 6.42 Å². The Balaban J connectivity index is 2.24. The molecular weight excluding hydrogens is 250 g/mol. The minimum Gasteiger partial charge on any atom is -0.325 e. The number of aromatic amines is 1. The van der Waals surface area contributed by atoms with Crippen molar-refractivity contribution in [3.8, 4) is 0 Å². The van der Waals surface area contributed by atoms with Crippen molar-refractivity contribution in [3.63, 3.8) is 0 Å². The molecule has 5 heteroatoms. The minimum atomic E-state index is 0.755. The number of aromatic nitrogens is 3. The van der Waals surface area contributed by atoms with Gasteiger partial charge in [-0.25, -0.2) is 4.98 Å². The summed E-state index contributed by atoms with van der Waals surface area (Å²) in [5, 5.41) is 0.848. The molecule has 2 aromatic heterocycles. The summed E-state index contributed by atoms with van der Waals surface area (Å²) in [7, 11) is 0. The highest BCUT2D eigenvalue weighted by molar-refractivity contribution is 7.98. The first-order chi connectivity index (χ1) is 8.19. The van der Waals surface area contributed by atoms with E-state index in [2.05, 4.69) is 21.0 Å². The van der Waals surface area contributed by atoms with Crippen LogP contribution in [-0.4, -0.2) is 21.2 Å². The van der Waals surface area contributed by atoms with Gasteiger partial charge in [0.25, 0.3) is 0 Å². The van der Waals surface area contributed by atoms with Crippen molar-refractivity contribution >= 4 is 24.0 Å². The zero-order valence-electron chi connectivity index (χ0n) is 9.73. The maximum Gasteiger partial charge on any atom is 0.165 e. The zero-order chi connectivity index (χ0) is 12.3. The van der Waals surface area contributed by atoms with Gasteiger partial charge in [-0.2, -0.15) is 0 Å². The van der Waals surface area contributed by atoms with Gasteiger partial charge in [0.05, 0.1) is 0 Å². The van der Waals surface area contributed by atoms with Crippen LogP contribution in [0.4, 0.5) is 0 Å². The van der Waals surface area contributed by atoms with E-state index in [1.54, 1.807) is 11.8 Å². The Morgan fingerprint density at radius 3 is 2.71 bits per heavy atom. The highest BCUT2D eigenvalue weighted by Crippen LogP contribution is 2.12. The van der Waals surface area contributed by atoms with E-state index in [9.17, 15) is 0 Å². The normalized spacial score (nSPS) is 10.5. The predicted octanol–water partition coefficient (Wildman–Crippen LogP) is 3.16. The van der Waals surface area contributed by atoms with E-state index in [1.165, 1.54) is 0 Å². The monoisotopic (exact) mass is 263 g/mol. The fourth-order valence-electron chi connectivity index (χ4n) is 1.46. The Kier molecular flexibility index (Phi) is 3.91. The second-order valence-corrected chi connectivity index (χ2v) is 4.93. The van der Waals surface area contributed by atoms with Crippen molar-refractivity contribution in [2.45, 2.75) is 18.5 Å². The lowest BCUT2D eigenvalue weighted by Gasteiger charge is -2.03. The number of thioether (sulfide) groups is 1. The molecular formula is C12H13N3S2. The van der Waals surface area contributed by atoms with E-state index in [1.807, 2.05) is 31.6 Å². The summed E-state index contributed by atoms with van der Waals surface area (Å²) in [6, 6.07) is 4.07. The number of pyridine rings is 1. The van der Waals surface area contributed by atoms with Crippen LogP contribution in [0.15, 0.2) is 29.7 Å². The fourth-order valence-corrected chi connectivity index (χ4v) is 2.11. The largest absolute Gasteiger partial charge is 0.325 e. The fraction of sp³-hybridized carbons (Fsp3) is 0.250. The Labute approximate surface area is 110 Å². The summed E-state index contributed by atoms with van der Waals surface area (Å²) in [4.78, 5) is 11.7. The van der Waals surface area contributed by atoms with Gasteiger partial charge in [-0.3, -0.25) is 4.98 Å². The maximum absolute atomic E-state index is 5.30. The van der Waals surface area contributed by atoms with Crippen LogP contribution < -0.4 is 0 Å². The molecule has 0 saturated heterocycles. The molecule has 0 atom stereocenters. The molecule has 0 saturated carbocycles. The van der Waals surface area contributed by atoms with Crippen LogP contribution in [0, 0.1) is 11.6 Å². The molecule has 3 nitrogen and oxygen atoms in total. The SMILES string of the molecule is CSc1ncc(Cc2ccc(C)nc2)c(=S)[nH]1. The molecule has 0 unspecified atom stereocenters. The number of rotatable bonds is 3. The highest BCUT2D eigenvalue weighted by Gasteiger charge is 2.01. The van der Waals surface area contributed by atoms with Crippen molar-refractivity contribution < 1.29 is 0 Å². The highest BCUT2D eigenvalue weighted by atomic mass is 32.2. The molecule has 0 bridgehead atoms. The summed E-state index contributed by atoms with van der Waals surface area (Å²) in [6.45, 7) is 1.98. The van der Waals surface area contributed by atoms with Gasteiger partial charge < -0.3 is 4.98 Å². The first kappa shape index (κ1) is 12.3. The van der Waals surface area contributed by atoms with Gasteiger partial charge in [-0.05, 0) is 24.8 Å². The van der Waals surface area contributed by atoms with Crippen LogP contribution in [0.3, 0.4) is 0 Å². The molecule has 0 radical (unpaired) electrons. The first-order valence-electron chi connectivity index (χ1n) is 5.23. The van der Waals surface area contributed by atoms with Gasteiger partial charge in [0.1, 0.15) is 4.64 Å². The Hall–Kier alpha value is -1.20. The lowest BCUT2D eigenvalue weighted by molar-refractivity contribution is 0.921. The van der Waals surface area contributed by atoms with Gasteiger partial charge in [0.2, 0.25) is 0 Å². The third-order valence-corrected chi connectivity index (χ3v) is 3.37. The molecule has 2 aromatic rings. The van der Waals surface area contributed by atoms with Crippen LogP contribution in [0.5, 0.6) is 0 Å². The standard InChI is InChI=1S/C12H13N3S2/c1-8-3-4-9(6-13-8)5-10-7-14-12(17-2)15-11(10)16/h3-4,6-7H,5H2,1-2H3,(H,14,15,16). The average Bonchev–Trinajstić information content (AvgIpc) is 2.34. The molecule has 0 amide bonds. The van der Waals surface area contributed by atoms with E-state index in [-0.39, 0.29) is 0 Å². The van der Waals surface area contributed by atoms with Crippen molar-refractivity contribution in [1.29, 1.82) is 0 Å². The Morgan fingerprint density at radius 1 is 1.29 bits per heavy atom. The summed E-state index contributed by atoms with van der Waals surface area (Å²) < 4.78 is 0.755. The van der Waals surface area contributed by atoms with E-state index in [4.69, 9.17) is 12.2 Å². The number of hydrogen-bond acceptors (Lipinski definition) is 4. The Morgan fingerprint density at radius 2 is 2.12 bits per heavy atom. The lowest BCUT2D eigenvalue weighted by atomic mass is 10.1. The topological polar surface area (TPSA) is 41.6 Å². The predicted molar refractivity (Wildman–Crippen MR) is 73.0 cm³/mol. The first-order valence-corrected chi connectivity index (χ1v) is 6.86. The quantitative estimate of drug-likeness (QED) is 0.525. The van der Waals surface area contributed by atoms with Crippen molar-refractivity contribution in [2.75, 3.05) is 6.26 Å². The lowest BCUT2D eigenvalue weighted by Crippen LogP contribution is -1.96. The zero-order valence-corrected chi connectivity index (χ0v) is 11.4. The summed E-state index contributed by atoms with van der Waals surface area (Å²) >= 11 is 6.86. The van der Waals surface area contributed by atoms with Crippen molar-refractivity contribution in [1.82, 2.24) is 15.0 Å². The van der Waals surface area contributed by atoms with Crippen LogP contribution in [0.25, 0.3) is 0 Å². The van der Waals surface area contributed by atoms with Gasteiger partial charge in [0.15, 0.2) is 5.16 Å². The molecule has 0 aromatic carbocycles. The van der Waals surface area contributed by atoms with Crippen LogP contribution in [0.2, 0.25) is 0 Å². The second-order valence-electron chi connectivity index (χ2n) is 3.73. The molecule has 0 aliphatic rings. The minimum absolute atomic E-state index is 0.755. The van der Waals surface area contributed by atoms with Gasteiger partial charge in [-0.1, -0.05) is 30.0 Å². The Bertz CT molecular complexity index is 561. The summed E-state index contributed by atoms with van der Waals surface area (Å²) in [5.41, 5.74) is 3.20. The molecule has 0 aliphatic carbocycles. The molecule has 0 fully saturated rings. The summed E-state index contributed by atoms with van der Waals surface area (Å²) in [6.07, 6.45) is 6.46. The smallest absolute Gasteiger partial charge is 0.165 e. The van der Waals surface area contributed by atoms with E-state index in [0.717, 1.165) is 33.0 Å². The molecule has 2 heterocycles. The van der Waals surface area contributed by atoms with Gasteiger partial charge >= 0.3 is 0 Å². The molecule has 17 heavy (non-hydrogen) atoms. The molecule has 1 N–H and O–H groups in total. The van der Waals surface area contributed by atoms with E-state index >= 15 is 0 Å². The van der Waals surface area contributed by atoms with Gasteiger partial charge in [0, 0.05) is 30.1 Å². The third kappa shape index (κ3) is 3.14. The van der Waals surface area contributed by atoms with E-state index < -0.39 is 0 Å². The molecule has 2 rings (SSSR count). The third-order valence-electron chi connectivity index (χ3n) is 2.41. The van der Waals surface area contributed by atoms with Gasteiger partial charge in [-0.15, -0.1) is 0 Å². The number of nitrogens with zero attached hydrogens (tertiary/aromatic N) is 2. The van der Waals surface area contributed by atoms with Crippen molar-refractivity contribution in [3.05, 3.63) is 46.0 Å². The van der Waals surface area contributed by atoms with E-state index in [0.29, 0.717) is 0 Å². The van der Waals surface area contributed by atoms with Crippen LogP contribution >= 0.6 is 24.0 Å². The number of hydrogen-bond donors (Lipinski definition) is 1. The molecule has 0 aliphatic heterocycles. The second kappa shape index (κ2) is 5.42. The molecule has 0 spiro atoms. The number of H-pyrrole nitrogens is 1. The average molecular weight is 263 g/mol. The van der Waals surface area contributed by atoms with Crippen molar-refractivity contribution in [2.24, 2.45) is 0 Å². The number of nitrogens with one attached hydrogen (secondary N) is 1. The molecule has 88 valence electrons. The van der Waals surface area contributed by atoms with Crippen LogP contribution in [0.1, 0.15) is 16.8 Å². The number of aryl methyl sites for hydroxylation is 1.